The predicted octanol–water partition coefficient (Wildman–Crippen LogP) is 3.05. The fourth-order valence-corrected chi connectivity index (χ4v) is 5.54. The van der Waals surface area contributed by atoms with Crippen LogP contribution in [0.1, 0.15) is 43.1 Å². The Balaban J connectivity index is 1.25. The van der Waals surface area contributed by atoms with E-state index in [-0.39, 0.29) is 22.5 Å². The van der Waals surface area contributed by atoms with E-state index in [4.69, 9.17) is 22.1 Å². The number of halogens is 2. The number of nitrogens with two attached hydrogens (primary N) is 1. The van der Waals surface area contributed by atoms with E-state index in [0.717, 1.165) is 65.0 Å². The molecule has 1 aromatic carbocycles. The molecule has 2 aliphatic rings. The van der Waals surface area contributed by atoms with Gasteiger partial charge in [-0.2, -0.15) is 0 Å². The molecule has 0 spiro atoms. The minimum Gasteiger partial charge on any atom is -0.494 e. The average Bonchev–Trinajstić information content (AvgIpc) is 2.92. The van der Waals surface area contributed by atoms with Gasteiger partial charge in [-0.1, -0.05) is 18.5 Å². The third-order valence-electron chi connectivity index (χ3n) is 7.33. The molecule has 37 heavy (non-hydrogen) atoms. The number of anilines is 2. The molecule has 3 N–H and O–H groups in total. The van der Waals surface area contributed by atoms with Crippen LogP contribution in [0.25, 0.3) is 0 Å². The first kappa shape index (κ1) is 27.3. The molecule has 1 aromatic heterocycles. The second-order valence-electron chi connectivity index (χ2n) is 9.63. The first-order valence-electron chi connectivity index (χ1n) is 13.1. The molecule has 2 aromatic rings. The van der Waals surface area contributed by atoms with Crippen molar-refractivity contribution in [1.82, 2.24) is 25.1 Å². The van der Waals surface area contributed by atoms with Crippen molar-refractivity contribution < 1.29 is 13.9 Å². The summed E-state index contributed by atoms with van der Waals surface area (Å²) in [5.41, 5.74) is 6.07. The maximum Gasteiger partial charge on any atom is 0.273 e. The van der Waals surface area contributed by atoms with E-state index in [1.165, 1.54) is 19.2 Å². The van der Waals surface area contributed by atoms with E-state index in [9.17, 15) is 9.18 Å². The van der Waals surface area contributed by atoms with Gasteiger partial charge in [-0.25, -0.2) is 14.4 Å². The molecule has 9 nitrogen and oxygen atoms in total. The fourth-order valence-electron chi connectivity index (χ4n) is 5.29. The van der Waals surface area contributed by atoms with Crippen LogP contribution in [-0.2, 0) is 0 Å². The van der Waals surface area contributed by atoms with Crippen LogP contribution in [0.15, 0.2) is 24.3 Å². The second-order valence-corrected chi connectivity index (χ2v) is 9.98. The SMILES string of the molecule is CC[C@H]1CN(c2nc(N)c(C(=O)NC)nc2Cl)CCN1C1CCN(CCCOc2ccc(F)cc2)CC1. The zero-order valence-corrected chi connectivity index (χ0v) is 22.4. The number of amides is 1. The van der Waals surface area contributed by atoms with Gasteiger partial charge < -0.3 is 25.6 Å². The number of ether oxygens (including phenoxy) is 1. The Hall–Kier alpha value is -2.69. The van der Waals surface area contributed by atoms with Gasteiger partial charge in [0.05, 0.1) is 6.61 Å². The summed E-state index contributed by atoms with van der Waals surface area (Å²) in [6, 6.07) is 7.11. The highest BCUT2D eigenvalue weighted by atomic mass is 35.5. The zero-order valence-electron chi connectivity index (χ0n) is 21.6. The standard InChI is InChI=1S/C26H37ClFN7O2/c1-3-19-17-34(25-23(27)31-22(24(29)32-25)26(36)30-2)14-15-35(19)20-9-12-33(13-10-20)11-4-16-37-21-7-5-18(28)6-8-21/h5-8,19-20H,3-4,9-17H2,1-2H3,(H2,29,32)(H,30,36)/t19-/m0/s1. The first-order chi connectivity index (χ1) is 17.9. The van der Waals surface area contributed by atoms with Gasteiger partial charge in [0.15, 0.2) is 22.5 Å². The van der Waals surface area contributed by atoms with Crippen molar-refractivity contribution in [1.29, 1.82) is 0 Å². The lowest BCUT2D eigenvalue weighted by molar-refractivity contribution is 0.0617. The van der Waals surface area contributed by atoms with Crippen molar-refractivity contribution >= 4 is 29.1 Å². The third kappa shape index (κ3) is 6.80. The van der Waals surface area contributed by atoms with Crippen LogP contribution in [-0.4, -0.2) is 90.7 Å². The van der Waals surface area contributed by atoms with Crippen molar-refractivity contribution in [2.24, 2.45) is 0 Å². The number of likely N-dealkylation sites (tertiary alicyclic amines) is 1. The van der Waals surface area contributed by atoms with Crippen LogP contribution in [0.2, 0.25) is 5.15 Å². The maximum absolute atomic E-state index is 13.0. The lowest BCUT2D eigenvalue weighted by Crippen LogP contribution is -2.58. The minimum absolute atomic E-state index is 0.0516. The summed E-state index contributed by atoms with van der Waals surface area (Å²) >= 11 is 6.43. The maximum atomic E-state index is 13.0. The molecule has 0 bridgehead atoms. The lowest BCUT2D eigenvalue weighted by atomic mass is 9.98. The fraction of sp³-hybridized carbons (Fsp3) is 0.577. The number of nitrogens with one attached hydrogen (secondary N) is 1. The zero-order chi connectivity index (χ0) is 26.4. The average molecular weight is 534 g/mol. The topological polar surface area (TPSA) is 99.8 Å². The van der Waals surface area contributed by atoms with E-state index < -0.39 is 5.91 Å². The van der Waals surface area contributed by atoms with E-state index in [2.05, 4.69) is 36.9 Å². The molecule has 3 heterocycles. The molecule has 2 fully saturated rings. The van der Waals surface area contributed by atoms with E-state index >= 15 is 0 Å². The molecule has 2 aliphatic heterocycles. The van der Waals surface area contributed by atoms with Crippen molar-refractivity contribution in [3.05, 3.63) is 40.9 Å². The van der Waals surface area contributed by atoms with Crippen molar-refractivity contribution in [2.45, 2.75) is 44.7 Å². The molecular formula is C26H37ClFN7O2. The van der Waals surface area contributed by atoms with Gasteiger partial charge in [0.2, 0.25) is 0 Å². The van der Waals surface area contributed by atoms with Crippen LogP contribution in [0.5, 0.6) is 5.75 Å². The predicted molar refractivity (Wildman–Crippen MR) is 144 cm³/mol. The van der Waals surface area contributed by atoms with Gasteiger partial charge in [0.1, 0.15) is 11.6 Å². The number of carbonyl (C=O) groups excluding carboxylic acids is 1. The Bertz CT molecular complexity index is 1050. The van der Waals surface area contributed by atoms with Crippen LogP contribution < -0.4 is 20.7 Å². The van der Waals surface area contributed by atoms with Crippen LogP contribution in [0.3, 0.4) is 0 Å². The molecule has 1 atom stereocenters. The smallest absolute Gasteiger partial charge is 0.273 e. The molecule has 1 amide bonds. The summed E-state index contributed by atoms with van der Waals surface area (Å²) in [5, 5.41) is 2.71. The van der Waals surface area contributed by atoms with E-state index in [1.807, 2.05) is 0 Å². The van der Waals surface area contributed by atoms with Gasteiger partial charge in [-0.3, -0.25) is 9.69 Å². The summed E-state index contributed by atoms with van der Waals surface area (Å²) in [7, 11) is 1.52. The van der Waals surface area contributed by atoms with Crippen molar-refractivity contribution in [3.8, 4) is 5.75 Å². The number of hydrogen-bond acceptors (Lipinski definition) is 8. The van der Waals surface area contributed by atoms with Crippen molar-refractivity contribution in [2.75, 3.05) is 63.6 Å². The van der Waals surface area contributed by atoms with Gasteiger partial charge in [-0.15, -0.1) is 0 Å². The molecule has 0 aliphatic carbocycles. The molecule has 0 radical (unpaired) electrons. The summed E-state index contributed by atoms with van der Waals surface area (Å²) < 4.78 is 18.7. The lowest BCUT2D eigenvalue weighted by Gasteiger charge is -2.47. The Morgan fingerprint density at radius 1 is 1.19 bits per heavy atom. The molecule has 0 unspecified atom stereocenters. The van der Waals surface area contributed by atoms with Crippen molar-refractivity contribution in [3.63, 3.8) is 0 Å². The number of carbonyl (C=O) groups is 1. The van der Waals surface area contributed by atoms with Crippen LogP contribution in [0, 0.1) is 5.82 Å². The number of aromatic nitrogens is 2. The first-order valence-corrected chi connectivity index (χ1v) is 13.4. The molecule has 4 rings (SSSR count). The largest absolute Gasteiger partial charge is 0.494 e. The Morgan fingerprint density at radius 2 is 1.92 bits per heavy atom. The number of piperidine rings is 1. The van der Waals surface area contributed by atoms with Gasteiger partial charge in [-0.05, 0) is 63.0 Å². The second kappa shape index (κ2) is 12.7. The quantitative estimate of drug-likeness (QED) is 0.474. The Morgan fingerprint density at radius 3 is 2.59 bits per heavy atom. The summed E-state index contributed by atoms with van der Waals surface area (Å²) in [6.45, 7) is 8.50. The minimum atomic E-state index is -0.401. The highest BCUT2D eigenvalue weighted by Crippen LogP contribution is 2.29. The summed E-state index contributed by atoms with van der Waals surface area (Å²) in [4.78, 5) is 27.9. The molecule has 11 heteroatoms. The van der Waals surface area contributed by atoms with Crippen LogP contribution in [0.4, 0.5) is 16.0 Å². The number of piperazine rings is 1. The highest BCUT2D eigenvalue weighted by Gasteiger charge is 2.34. The Labute approximate surface area is 223 Å². The van der Waals surface area contributed by atoms with E-state index in [0.29, 0.717) is 30.3 Å². The summed E-state index contributed by atoms with van der Waals surface area (Å²) in [6.07, 6.45) is 4.25. The van der Waals surface area contributed by atoms with Gasteiger partial charge >= 0.3 is 0 Å². The number of benzene rings is 1. The van der Waals surface area contributed by atoms with Crippen LogP contribution >= 0.6 is 11.6 Å². The molecule has 0 saturated carbocycles. The Kier molecular flexibility index (Phi) is 9.39. The van der Waals surface area contributed by atoms with Gasteiger partial charge in [0, 0.05) is 45.3 Å². The number of rotatable bonds is 9. The monoisotopic (exact) mass is 533 g/mol. The van der Waals surface area contributed by atoms with Gasteiger partial charge in [0.25, 0.3) is 5.91 Å². The number of nitrogen functional groups attached to an aromatic ring is 1. The normalized spacial score (nSPS) is 19.7. The number of nitrogens with zero attached hydrogens (tertiary/aromatic N) is 5. The number of hydrogen-bond donors (Lipinski definition) is 2. The molecule has 2 saturated heterocycles. The molecule has 202 valence electrons. The van der Waals surface area contributed by atoms with E-state index in [1.54, 1.807) is 12.1 Å². The third-order valence-corrected chi connectivity index (χ3v) is 7.59. The highest BCUT2D eigenvalue weighted by molar-refractivity contribution is 6.32. The molecular weight excluding hydrogens is 497 g/mol. The summed E-state index contributed by atoms with van der Waals surface area (Å²) in [5.74, 6) is 0.691.